The molecule has 2 fully saturated rings. The molecule has 0 spiro atoms. The number of carbonyl (C=O) groups is 2. The van der Waals surface area contributed by atoms with Gasteiger partial charge in [0, 0.05) is 25.0 Å². The highest BCUT2D eigenvalue weighted by molar-refractivity contribution is 5.76. The van der Waals surface area contributed by atoms with Crippen LogP contribution in [0, 0.1) is 17.8 Å². The van der Waals surface area contributed by atoms with E-state index in [9.17, 15) is 9.59 Å². The Labute approximate surface area is 101 Å². The lowest BCUT2D eigenvalue weighted by atomic mass is 9.82. The normalized spacial score (nSPS) is 30.1. The minimum Gasteiger partial charge on any atom is -0.481 e. The zero-order valence-corrected chi connectivity index (χ0v) is 10.3. The number of carboxylic acid groups (broad SMARTS) is 1. The Morgan fingerprint density at radius 1 is 1.35 bits per heavy atom. The summed E-state index contributed by atoms with van der Waals surface area (Å²) in [6.07, 6.45) is 2.13. The number of amides is 2. The minimum atomic E-state index is -0.775. The van der Waals surface area contributed by atoms with E-state index in [1.54, 1.807) is 11.8 Å². The van der Waals surface area contributed by atoms with E-state index >= 15 is 0 Å². The Kier molecular flexibility index (Phi) is 3.26. The number of carboxylic acids is 1. The molecule has 2 N–H and O–H groups in total. The summed E-state index contributed by atoms with van der Waals surface area (Å²) in [7, 11) is 0. The smallest absolute Gasteiger partial charge is 0.317 e. The van der Waals surface area contributed by atoms with Gasteiger partial charge in [-0.25, -0.2) is 4.79 Å². The van der Waals surface area contributed by atoms with Gasteiger partial charge in [-0.3, -0.25) is 4.79 Å². The van der Waals surface area contributed by atoms with Crippen LogP contribution in [-0.2, 0) is 4.79 Å². The molecule has 1 saturated carbocycles. The summed E-state index contributed by atoms with van der Waals surface area (Å²) in [6, 6.07) is 0.296. The van der Waals surface area contributed by atoms with Crippen molar-refractivity contribution in [3.63, 3.8) is 0 Å². The number of hydrogen-bond acceptors (Lipinski definition) is 2. The largest absolute Gasteiger partial charge is 0.481 e. The highest BCUT2D eigenvalue weighted by Crippen LogP contribution is 2.28. The molecule has 0 aromatic heterocycles. The number of carbonyl (C=O) groups excluding carboxylic acids is 1. The van der Waals surface area contributed by atoms with Crippen LogP contribution in [0.15, 0.2) is 0 Å². The molecule has 2 amide bonds. The van der Waals surface area contributed by atoms with Gasteiger partial charge in [-0.05, 0) is 18.8 Å². The first-order valence-corrected chi connectivity index (χ1v) is 6.25. The van der Waals surface area contributed by atoms with Gasteiger partial charge in [-0.15, -0.1) is 0 Å². The third kappa shape index (κ3) is 2.53. The molecule has 1 heterocycles. The second kappa shape index (κ2) is 4.55. The van der Waals surface area contributed by atoms with Crippen LogP contribution in [0.2, 0.25) is 0 Å². The van der Waals surface area contributed by atoms with E-state index in [-0.39, 0.29) is 17.9 Å². The van der Waals surface area contributed by atoms with Crippen LogP contribution in [-0.4, -0.2) is 41.1 Å². The molecule has 1 aliphatic carbocycles. The zero-order chi connectivity index (χ0) is 12.6. The monoisotopic (exact) mass is 240 g/mol. The van der Waals surface area contributed by atoms with Crippen molar-refractivity contribution in [2.75, 3.05) is 13.1 Å². The minimum absolute atomic E-state index is 0.0317. The van der Waals surface area contributed by atoms with Gasteiger partial charge in [-0.1, -0.05) is 13.8 Å². The quantitative estimate of drug-likeness (QED) is 0.777. The fourth-order valence-electron chi connectivity index (χ4n) is 2.48. The van der Waals surface area contributed by atoms with Crippen molar-refractivity contribution in [2.45, 2.75) is 32.7 Å². The highest BCUT2D eigenvalue weighted by Gasteiger charge is 2.38. The predicted octanol–water partition coefficient (Wildman–Crippen LogP) is 1.15. The molecular formula is C12H20N2O3. The highest BCUT2D eigenvalue weighted by atomic mass is 16.4. The van der Waals surface area contributed by atoms with Crippen molar-refractivity contribution in [1.82, 2.24) is 10.2 Å². The van der Waals surface area contributed by atoms with Crippen LogP contribution in [0.5, 0.6) is 0 Å². The Balaban J connectivity index is 1.69. The van der Waals surface area contributed by atoms with Crippen molar-refractivity contribution in [3.8, 4) is 0 Å². The van der Waals surface area contributed by atoms with Crippen LogP contribution < -0.4 is 5.32 Å². The fourth-order valence-corrected chi connectivity index (χ4v) is 2.48. The molecule has 0 aromatic carbocycles. The Bertz CT molecular complexity index is 320. The summed E-state index contributed by atoms with van der Waals surface area (Å²) in [4.78, 5) is 24.2. The topological polar surface area (TPSA) is 69.6 Å². The Morgan fingerprint density at radius 2 is 1.94 bits per heavy atom. The Morgan fingerprint density at radius 3 is 2.41 bits per heavy atom. The van der Waals surface area contributed by atoms with E-state index < -0.39 is 5.97 Å². The molecule has 1 saturated heterocycles. The van der Waals surface area contributed by atoms with Crippen molar-refractivity contribution in [3.05, 3.63) is 0 Å². The lowest BCUT2D eigenvalue weighted by Crippen LogP contribution is -2.59. The van der Waals surface area contributed by atoms with E-state index in [1.807, 2.05) is 0 Å². The van der Waals surface area contributed by atoms with Crippen molar-refractivity contribution >= 4 is 12.0 Å². The second-order valence-electron chi connectivity index (χ2n) is 5.51. The zero-order valence-electron chi connectivity index (χ0n) is 10.3. The number of nitrogens with one attached hydrogen (secondary N) is 1. The predicted molar refractivity (Wildman–Crippen MR) is 62.6 cm³/mol. The van der Waals surface area contributed by atoms with E-state index in [1.165, 1.54) is 0 Å². The standard InChI is InChI=1S/C12H20N2O3/c1-7-3-10(4-7)13-12(17)14-5-9(6-14)8(2)11(15)16/h7-10H,3-6H2,1-2H3,(H,13,17)(H,15,16). The molecular weight excluding hydrogens is 220 g/mol. The fraction of sp³-hybridized carbons (Fsp3) is 0.833. The Hall–Kier alpha value is -1.26. The molecule has 5 nitrogen and oxygen atoms in total. The molecule has 5 heteroatoms. The average Bonchev–Trinajstić information content (AvgIpc) is 2.12. The van der Waals surface area contributed by atoms with Crippen LogP contribution >= 0.6 is 0 Å². The van der Waals surface area contributed by atoms with Crippen LogP contribution in [0.25, 0.3) is 0 Å². The SMILES string of the molecule is CC1CC(NC(=O)N2CC(C(C)C(=O)O)C2)C1. The number of nitrogens with zero attached hydrogens (tertiary/aromatic N) is 1. The van der Waals surface area contributed by atoms with E-state index in [4.69, 9.17) is 5.11 Å². The molecule has 1 atom stereocenters. The van der Waals surface area contributed by atoms with Crippen molar-refractivity contribution < 1.29 is 14.7 Å². The molecule has 0 radical (unpaired) electrons. The third-order valence-electron chi connectivity index (χ3n) is 4.00. The first kappa shape index (κ1) is 12.2. The van der Waals surface area contributed by atoms with Crippen molar-refractivity contribution in [1.29, 1.82) is 0 Å². The maximum absolute atomic E-state index is 11.7. The number of rotatable bonds is 3. The van der Waals surface area contributed by atoms with Gasteiger partial charge < -0.3 is 15.3 Å². The van der Waals surface area contributed by atoms with Crippen molar-refractivity contribution in [2.24, 2.45) is 17.8 Å². The van der Waals surface area contributed by atoms with Crippen LogP contribution in [0.4, 0.5) is 4.79 Å². The van der Waals surface area contributed by atoms with Gasteiger partial charge in [0.15, 0.2) is 0 Å². The summed E-state index contributed by atoms with van der Waals surface area (Å²) in [5, 5.41) is 11.8. The van der Waals surface area contributed by atoms with Gasteiger partial charge in [-0.2, -0.15) is 0 Å². The summed E-state index contributed by atoms with van der Waals surface area (Å²) in [5.41, 5.74) is 0. The first-order chi connectivity index (χ1) is 7.97. The lowest BCUT2D eigenvalue weighted by molar-refractivity contribution is -0.144. The molecule has 0 bridgehead atoms. The number of likely N-dealkylation sites (tertiary alicyclic amines) is 1. The maximum Gasteiger partial charge on any atom is 0.317 e. The van der Waals surface area contributed by atoms with Gasteiger partial charge in [0.1, 0.15) is 0 Å². The number of hydrogen-bond donors (Lipinski definition) is 2. The summed E-state index contributed by atoms with van der Waals surface area (Å²) in [6.45, 7) is 5.02. The average molecular weight is 240 g/mol. The second-order valence-corrected chi connectivity index (χ2v) is 5.51. The van der Waals surface area contributed by atoms with Gasteiger partial charge in [0.2, 0.25) is 0 Å². The molecule has 2 aliphatic rings. The molecule has 17 heavy (non-hydrogen) atoms. The molecule has 1 unspecified atom stereocenters. The molecule has 1 aliphatic heterocycles. The van der Waals surface area contributed by atoms with Gasteiger partial charge >= 0.3 is 12.0 Å². The third-order valence-corrected chi connectivity index (χ3v) is 4.00. The molecule has 2 rings (SSSR count). The molecule has 0 aromatic rings. The van der Waals surface area contributed by atoms with Crippen LogP contribution in [0.1, 0.15) is 26.7 Å². The summed E-state index contributed by atoms with van der Waals surface area (Å²) >= 11 is 0. The lowest BCUT2D eigenvalue weighted by Gasteiger charge is -2.43. The van der Waals surface area contributed by atoms with Gasteiger partial charge in [0.05, 0.1) is 5.92 Å². The maximum atomic E-state index is 11.7. The van der Waals surface area contributed by atoms with Crippen LogP contribution in [0.3, 0.4) is 0 Å². The summed E-state index contributed by atoms with van der Waals surface area (Å²) in [5.74, 6) is -0.305. The molecule has 96 valence electrons. The number of aliphatic carboxylic acids is 1. The van der Waals surface area contributed by atoms with E-state index in [0.29, 0.717) is 19.1 Å². The van der Waals surface area contributed by atoms with E-state index in [0.717, 1.165) is 18.8 Å². The first-order valence-electron chi connectivity index (χ1n) is 6.25. The van der Waals surface area contributed by atoms with Gasteiger partial charge in [0.25, 0.3) is 0 Å². The number of urea groups is 1. The summed E-state index contributed by atoms with van der Waals surface area (Å²) < 4.78 is 0. The van der Waals surface area contributed by atoms with E-state index in [2.05, 4.69) is 12.2 Å².